The summed E-state index contributed by atoms with van der Waals surface area (Å²) in [6, 6.07) is 2.05. The molecule has 0 aliphatic rings. The van der Waals surface area contributed by atoms with Crippen molar-refractivity contribution < 1.29 is 4.74 Å². The average Bonchev–Trinajstić information content (AvgIpc) is 2.86. The molecule has 2 aromatic heterocycles. The maximum Gasteiger partial charge on any atom is 0.225 e. The molecule has 18 heavy (non-hydrogen) atoms. The summed E-state index contributed by atoms with van der Waals surface area (Å²) < 4.78 is 5.03. The molecule has 0 aromatic carbocycles. The highest BCUT2D eigenvalue weighted by atomic mass is 32.1. The first kappa shape index (κ1) is 13.0. The third kappa shape index (κ3) is 3.08. The van der Waals surface area contributed by atoms with Gasteiger partial charge in [-0.05, 0) is 24.3 Å². The number of nitrogens with one attached hydrogen (secondary N) is 2. The number of methoxy groups -OCH3 is 1. The summed E-state index contributed by atoms with van der Waals surface area (Å²) in [4.78, 5) is 9.87. The van der Waals surface area contributed by atoms with Crippen LogP contribution in [0.5, 0.6) is 0 Å². The molecule has 0 unspecified atom stereocenters. The van der Waals surface area contributed by atoms with E-state index in [-0.39, 0.29) is 0 Å². The molecule has 0 atom stereocenters. The Labute approximate surface area is 111 Å². The van der Waals surface area contributed by atoms with E-state index in [4.69, 9.17) is 4.74 Å². The second-order valence-electron chi connectivity index (χ2n) is 3.91. The Bertz CT molecular complexity index is 500. The highest BCUT2D eigenvalue weighted by molar-refractivity contribution is 7.16. The molecular weight excluding hydrogens is 248 g/mol. The Balaban J connectivity index is 2.04. The molecule has 0 fully saturated rings. The van der Waals surface area contributed by atoms with Crippen molar-refractivity contribution in [3.05, 3.63) is 11.4 Å². The van der Waals surface area contributed by atoms with E-state index in [1.807, 2.05) is 12.4 Å². The van der Waals surface area contributed by atoms with Crippen molar-refractivity contribution in [1.29, 1.82) is 0 Å². The van der Waals surface area contributed by atoms with E-state index in [9.17, 15) is 0 Å². The molecule has 2 rings (SSSR count). The van der Waals surface area contributed by atoms with E-state index < -0.39 is 0 Å². The van der Waals surface area contributed by atoms with Crippen LogP contribution in [0.4, 0.5) is 11.8 Å². The van der Waals surface area contributed by atoms with Gasteiger partial charge in [-0.2, -0.15) is 4.98 Å². The first-order valence-corrected chi connectivity index (χ1v) is 6.89. The minimum atomic E-state index is 0.657. The van der Waals surface area contributed by atoms with Crippen LogP contribution in [0.25, 0.3) is 10.2 Å². The SMILES string of the molecule is CNc1nc(NCCCCOC)c2ccsc2n1. The largest absolute Gasteiger partial charge is 0.385 e. The van der Waals surface area contributed by atoms with Gasteiger partial charge in [-0.1, -0.05) is 0 Å². The van der Waals surface area contributed by atoms with E-state index in [2.05, 4.69) is 26.7 Å². The van der Waals surface area contributed by atoms with Crippen molar-refractivity contribution in [2.75, 3.05) is 37.9 Å². The van der Waals surface area contributed by atoms with Crippen molar-refractivity contribution in [3.63, 3.8) is 0 Å². The van der Waals surface area contributed by atoms with Crippen LogP contribution in [-0.2, 0) is 4.74 Å². The first-order chi connectivity index (χ1) is 8.85. The van der Waals surface area contributed by atoms with Gasteiger partial charge in [0.1, 0.15) is 10.6 Å². The predicted octanol–water partition coefficient (Wildman–Crippen LogP) is 2.57. The maximum atomic E-state index is 5.03. The van der Waals surface area contributed by atoms with Gasteiger partial charge in [0.25, 0.3) is 0 Å². The van der Waals surface area contributed by atoms with Gasteiger partial charge >= 0.3 is 0 Å². The number of hydrogen-bond acceptors (Lipinski definition) is 6. The number of rotatable bonds is 7. The number of ether oxygens (including phenoxy) is 1. The second kappa shape index (κ2) is 6.51. The van der Waals surface area contributed by atoms with Gasteiger partial charge in [0, 0.05) is 27.3 Å². The zero-order valence-electron chi connectivity index (χ0n) is 10.7. The lowest BCUT2D eigenvalue weighted by Gasteiger charge is -2.08. The highest BCUT2D eigenvalue weighted by Gasteiger charge is 2.07. The van der Waals surface area contributed by atoms with Gasteiger partial charge in [0.2, 0.25) is 5.95 Å². The fourth-order valence-electron chi connectivity index (χ4n) is 1.68. The lowest BCUT2D eigenvalue weighted by molar-refractivity contribution is 0.194. The van der Waals surface area contributed by atoms with Gasteiger partial charge in [-0.15, -0.1) is 11.3 Å². The van der Waals surface area contributed by atoms with Gasteiger partial charge in [0.15, 0.2) is 0 Å². The van der Waals surface area contributed by atoms with Crippen molar-refractivity contribution in [2.45, 2.75) is 12.8 Å². The molecule has 0 amide bonds. The van der Waals surface area contributed by atoms with Gasteiger partial charge < -0.3 is 15.4 Å². The molecule has 2 heterocycles. The number of aromatic nitrogens is 2. The minimum absolute atomic E-state index is 0.657. The average molecular weight is 266 g/mol. The number of unbranched alkanes of at least 4 members (excludes halogenated alkanes) is 1. The van der Waals surface area contributed by atoms with E-state index in [1.54, 1.807) is 18.4 Å². The smallest absolute Gasteiger partial charge is 0.225 e. The molecule has 0 aliphatic heterocycles. The summed E-state index contributed by atoms with van der Waals surface area (Å²) in [6.45, 7) is 1.70. The van der Waals surface area contributed by atoms with Crippen molar-refractivity contribution >= 4 is 33.3 Å². The molecule has 0 radical (unpaired) electrons. The third-order valence-corrected chi connectivity index (χ3v) is 3.42. The summed E-state index contributed by atoms with van der Waals surface area (Å²) in [5.74, 6) is 1.56. The van der Waals surface area contributed by atoms with Crippen LogP contribution in [0.3, 0.4) is 0 Å². The van der Waals surface area contributed by atoms with E-state index in [0.29, 0.717) is 5.95 Å². The fraction of sp³-hybridized carbons (Fsp3) is 0.500. The molecule has 0 spiro atoms. The summed E-state index contributed by atoms with van der Waals surface area (Å²) in [5.41, 5.74) is 0. The van der Waals surface area contributed by atoms with Crippen LogP contribution in [0.1, 0.15) is 12.8 Å². The van der Waals surface area contributed by atoms with E-state index in [1.165, 1.54) is 0 Å². The Morgan fingerprint density at radius 3 is 3.00 bits per heavy atom. The monoisotopic (exact) mass is 266 g/mol. The Kier molecular flexibility index (Phi) is 4.72. The van der Waals surface area contributed by atoms with Crippen LogP contribution >= 0.6 is 11.3 Å². The second-order valence-corrected chi connectivity index (χ2v) is 4.81. The van der Waals surface area contributed by atoms with Gasteiger partial charge in [-0.25, -0.2) is 4.98 Å². The molecule has 0 bridgehead atoms. The third-order valence-electron chi connectivity index (χ3n) is 2.62. The minimum Gasteiger partial charge on any atom is -0.385 e. The molecule has 2 N–H and O–H groups in total. The summed E-state index contributed by atoms with van der Waals surface area (Å²) in [7, 11) is 3.56. The summed E-state index contributed by atoms with van der Waals surface area (Å²) in [6.07, 6.45) is 2.12. The Hall–Kier alpha value is -1.40. The van der Waals surface area contributed by atoms with Gasteiger partial charge in [-0.3, -0.25) is 0 Å². The van der Waals surface area contributed by atoms with E-state index >= 15 is 0 Å². The zero-order chi connectivity index (χ0) is 12.8. The van der Waals surface area contributed by atoms with Crippen molar-refractivity contribution in [1.82, 2.24) is 9.97 Å². The standard InChI is InChI=1S/C12H18N4OS/c1-13-12-15-10(14-6-3-4-7-17-2)9-5-8-18-11(9)16-12/h5,8H,3-4,6-7H2,1-2H3,(H2,13,14,15,16). The van der Waals surface area contributed by atoms with Crippen molar-refractivity contribution in [3.8, 4) is 0 Å². The molecule has 2 aromatic rings. The molecule has 5 nitrogen and oxygen atoms in total. The Morgan fingerprint density at radius 2 is 2.22 bits per heavy atom. The lowest BCUT2D eigenvalue weighted by atomic mass is 10.3. The molecule has 0 saturated carbocycles. The topological polar surface area (TPSA) is 59.1 Å². The molecule has 0 aliphatic carbocycles. The van der Waals surface area contributed by atoms with E-state index in [0.717, 1.165) is 42.0 Å². The van der Waals surface area contributed by atoms with Crippen LogP contribution in [0.2, 0.25) is 0 Å². The van der Waals surface area contributed by atoms with Gasteiger partial charge in [0.05, 0.1) is 5.39 Å². The lowest BCUT2D eigenvalue weighted by Crippen LogP contribution is -2.07. The Morgan fingerprint density at radius 1 is 1.33 bits per heavy atom. The molecule has 6 heteroatoms. The number of nitrogens with zero attached hydrogens (tertiary/aromatic N) is 2. The van der Waals surface area contributed by atoms with Crippen LogP contribution in [-0.4, -0.2) is 37.3 Å². The fourth-order valence-corrected chi connectivity index (χ4v) is 2.44. The number of hydrogen-bond donors (Lipinski definition) is 2. The van der Waals surface area contributed by atoms with Crippen LogP contribution in [0, 0.1) is 0 Å². The predicted molar refractivity (Wildman–Crippen MR) is 76.6 cm³/mol. The summed E-state index contributed by atoms with van der Waals surface area (Å²) >= 11 is 1.63. The molecule has 0 saturated heterocycles. The highest BCUT2D eigenvalue weighted by Crippen LogP contribution is 2.26. The summed E-state index contributed by atoms with van der Waals surface area (Å²) in [5, 5.41) is 9.48. The first-order valence-electron chi connectivity index (χ1n) is 6.01. The maximum absolute atomic E-state index is 5.03. The quantitative estimate of drug-likeness (QED) is 0.754. The normalized spacial score (nSPS) is 10.8. The number of thiophene rings is 1. The number of anilines is 2. The van der Waals surface area contributed by atoms with Crippen LogP contribution < -0.4 is 10.6 Å². The zero-order valence-corrected chi connectivity index (χ0v) is 11.5. The number of fused-ring (bicyclic) bond motifs is 1. The molecular formula is C12H18N4OS. The molecule has 98 valence electrons. The van der Waals surface area contributed by atoms with Crippen molar-refractivity contribution in [2.24, 2.45) is 0 Å². The van der Waals surface area contributed by atoms with Crippen LogP contribution in [0.15, 0.2) is 11.4 Å².